The first-order valence-electron chi connectivity index (χ1n) is 5.97. The first kappa shape index (κ1) is 14.5. The lowest BCUT2D eigenvalue weighted by molar-refractivity contribution is 0.102. The summed E-state index contributed by atoms with van der Waals surface area (Å²) >= 11 is 0. The SMILES string of the molecule is O=C(Nc1cccc(C#CCO)n1)c1c(O)cccc1F. The minimum absolute atomic E-state index is 0.160. The van der Waals surface area contributed by atoms with Gasteiger partial charge in [-0.15, -0.1) is 0 Å². The van der Waals surface area contributed by atoms with Gasteiger partial charge in [-0.3, -0.25) is 4.79 Å². The number of aromatic nitrogens is 1. The third-order valence-corrected chi connectivity index (χ3v) is 2.50. The monoisotopic (exact) mass is 286 g/mol. The Morgan fingerprint density at radius 1 is 1.29 bits per heavy atom. The van der Waals surface area contributed by atoms with Gasteiger partial charge in [0.05, 0.1) is 0 Å². The second kappa shape index (κ2) is 6.50. The van der Waals surface area contributed by atoms with E-state index in [1.807, 2.05) is 0 Å². The summed E-state index contributed by atoms with van der Waals surface area (Å²) in [5.74, 6) is 3.07. The van der Waals surface area contributed by atoms with Crippen LogP contribution in [0.25, 0.3) is 0 Å². The maximum Gasteiger partial charge on any atom is 0.263 e. The molecule has 5 nitrogen and oxygen atoms in total. The average molecular weight is 286 g/mol. The second-order valence-corrected chi connectivity index (χ2v) is 3.96. The van der Waals surface area contributed by atoms with Crippen molar-refractivity contribution in [1.29, 1.82) is 0 Å². The molecule has 1 aromatic heterocycles. The van der Waals surface area contributed by atoms with E-state index in [-0.39, 0.29) is 12.4 Å². The minimum atomic E-state index is -0.830. The molecular weight excluding hydrogens is 275 g/mol. The van der Waals surface area contributed by atoms with E-state index in [0.29, 0.717) is 5.69 Å². The molecule has 2 rings (SSSR count). The minimum Gasteiger partial charge on any atom is -0.507 e. The normalized spacial score (nSPS) is 9.62. The number of pyridine rings is 1. The number of hydrogen-bond acceptors (Lipinski definition) is 4. The first-order chi connectivity index (χ1) is 10.1. The van der Waals surface area contributed by atoms with E-state index in [2.05, 4.69) is 22.1 Å². The van der Waals surface area contributed by atoms with Crippen molar-refractivity contribution in [3.63, 3.8) is 0 Å². The maximum atomic E-state index is 13.6. The molecule has 6 heteroatoms. The van der Waals surface area contributed by atoms with Crippen molar-refractivity contribution in [3.8, 4) is 17.6 Å². The molecule has 0 radical (unpaired) electrons. The summed E-state index contributed by atoms with van der Waals surface area (Å²) in [6, 6.07) is 8.29. The third kappa shape index (κ3) is 3.55. The molecular formula is C15H11FN2O3. The van der Waals surface area contributed by atoms with Gasteiger partial charge in [-0.1, -0.05) is 18.1 Å². The number of aliphatic hydroxyl groups is 1. The summed E-state index contributed by atoms with van der Waals surface area (Å²) in [5.41, 5.74) is -0.106. The Bertz CT molecular complexity index is 715. The molecule has 0 unspecified atom stereocenters. The number of carbonyl (C=O) groups excluding carboxylic acids is 1. The topological polar surface area (TPSA) is 82.5 Å². The molecule has 106 valence electrons. The molecule has 1 aromatic carbocycles. The number of nitrogens with zero attached hydrogens (tertiary/aromatic N) is 1. The van der Waals surface area contributed by atoms with Crippen LogP contribution in [0.3, 0.4) is 0 Å². The lowest BCUT2D eigenvalue weighted by atomic mass is 10.1. The summed E-state index contributed by atoms with van der Waals surface area (Å²) in [7, 11) is 0. The van der Waals surface area contributed by atoms with E-state index in [9.17, 15) is 14.3 Å². The van der Waals surface area contributed by atoms with Gasteiger partial charge in [-0.25, -0.2) is 9.37 Å². The molecule has 0 fully saturated rings. The average Bonchev–Trinajstić information content (AvgIpc) is 2.45. The van der Waals surface area contributed by atoms with E-state index in [0.717, 1.165) is 6.07 Å². The van der Waals surface area contributed by atoms with E-state index < -0.39 is 23.0 Å². The van der Waals surface area contributed by atoms with Crippen LogP contribution in [0.15, 0.2) is 36.4 Å². The van der Waals surface area contributed by atoms with Crippen molar-refractivity contribution in [3.05, 3.63) is 53.5 Å². The van der Waals surface area contributed by atoms with Gasteiger partial charge in [0.2, 0.25) is 0 Å². The van der Waals surface area contributed by atoms with E-state index >= 15 is 0 Å². The number of carbonyl (C=O) groups is 1. The largest absolute Gasteiger partial charge is 0.507 e. The number of rotatable bonds is 2. The van der Waals surface area contributed by atoms with Gasteiger partial charge in [0, 0.05) is 0 Å². The molecule has 0 atom stereocenters. The van der Waals surface area contributed by atoms with Crippen LogP contribution in [-0.2, 0) is 0 Å². The maximum absolute atomic E-state index is 13.6. The smallest absolute Gasteiger partial charge is 0.263 e. The number of benzene rings is 1. The Labute approximate surface area is 120 Å². The van der Waals surface area contributed by atoms with E-state index in [4.69, 9.17) is 5.11 Å². The summed E-state index contributed by atoms with van der Waals surface area (Å²) < 4.78 is 13.6. The van der Waals surface area contributed by atoms with Crippen LogP contribution in [0.4, 0.5) is 10.2 Å². The Morgan fingerprint density at radius 3 is 2.76 bits per heavy atom. The van der Waals surface area contributed by atoms with Crippen LogP contribution in [0.2, 0.25) is 0 Å². The number of aromatic hydroxyl groups is 1. The highest BCUT2D eigenvalue weighted by molar-refractivity contribution is 6.05. The van der Waals surface area contributed by atoms with Crippen LogP contribution in [0, 0.1) is 17.7 Å². The van der Waals surface area contributed by atoms with E-state index in [1.54, 1.807) is 12.1 Å². The number of phenols is 1. The quantitative estimate of drug-likeness (QED) is 0.731. The van der Waals surface area contributed by atoms with Gasteiger partial charge in [-0.05, 0) is 30.2 Å². The standard InChI is InChI=1S/C15H11FN2O3/c16-11-6-2-7-12(20)14(11)15(21)18-13-8-1-4-10(17-13)5-3-9-19/h1-2,4,6-8,19-20H,9H2,(H,17,18,21). The molecule has 1 amide bonds. The Hall–Kier alpha value is -2.91. The number of nitrogens with one attached hydrogen (secondary N) is 1. The molecule has 0 aliphatic carbocycles. The van der Waals surface area contributed by atoms with Crippen molar-refractivity contribution >= 4 is 11.7 Å². The number of halogens is 1. The lowest BCUT2D eigenvalue weighted by Gasteiger charge is -2.07. The number of amides is 1. The fraction of sp³-hybridized carbons (Fsp3) is 0.0667. The third-order valence-electron chi connectivity index (χ3n) is 2.50. The molecule has 21 heavy (non-hydrogen) atoms. The summed E-state index contributed by atoms with van der Waals surface area (Å²) in [6.07, 6.45) is 0. The highest BCUT2D eigenvalue weighted by Gasteiger charge is 2.16. The van der Waals surface area contributed by atoms with Crippen molar-refractivity contribution in [2.45, 2.75) is 0 Å². The molecule has 3 N–H and O–H groups in total. The highest BCUT2D eigenvalue weighted by atomic mass is 19.1. The Balaban J connectivity index is 2.24. The van der Waals surface area contributed by atoms with Crippen molar-refractivity contribution < 1.29 is 19.4 Å². The Morgan fingerprint density at radius 2 is 2.05 bits per heavy atom. The van der Waals surface area contributed by atoms with E-state index in [1.165, 1.54) is 18.2 Å². The molecule has 2 aromatic rings. The van der Waals surface area contributed by atoms with Gasteiger partial charge in [-0.2, -0.15) is 0 Å². The molecule has 1 heterocycles. The zero-order valence-corrected chi connectivity index (χ0v) is 10.8. The summed E-state index contributed by atoms with van der Waals surface area (Å²) in [5, 5.41) is 20.5. The number of phenolic OH excluding ortho intramolecular Hbond substituents is 1. The molecule has 0 saturated carbocycles. The predicted octanol–water partition coefficient (Wildman–Crippen LogP) is 1.52. The molecule has 0 aliphatic heterocycles. The zero-order chi connectivity index (χ0) is 15.2. The molecule has 0 bridgehead atoms. The van der Waals surface area contributed by atoms with Crippen molar-refractivity contribution in [2.75, 3.05) is 11.9 Å². The molecule has 0 aliphatic rings. The summed E-state index contributed by atoms with van der Waals surface area (Å²) in [4.78, 5) is 16.0. The van der Waals surface area contributed by atoms with Crippen LogP contribution in [-0.4, -0.2) is 27.7 Å². The van der Waals surface area contributed by atoms with Gasteiger partial charge in [0.25, 0.3) is 5.91 Å². The van der Waals surface area contributed by atoms with Crippen LogP contribution >= 0.6 is 0 Å². The number of anilines is 1. The number of hydrogen-bond donors (Lipinski definition) is 3. The van der Waals surface area contributed by atoms with Crippen molar-refractivity contribution in [1.82, 2.24) is 4.98 Å². The van der Waals surface area contributed by atoms with Crippen LogP contribution < -0.4 is 5.32 Å². The summed E-state index contributed by atoms with van der Waals surface area (Å²) in [6.45, 7) is -0.304. The molecule has 0 spiro atoms. The fourth-order valence-corrected chi connectivity index (χ4v) is 1.62. The number of aliphatic hydroxyl groups excluding tert-OH is 1. The first-order valence-corrected chi connectivity index (χ1v) is 5.97. The zero-order valence-electron chi connectivity index (χ0n) is 10.8. The van der Waals surface area contributed by atoms with Gasteiger partial charge < -0.3 is 15.5 Å². The highest BCUT2D eigenvalue weighted by Crippen LogP contribution is 2.20. The Kier molecular flexibility index (Phi) is 4.49. The fourth-order valence-electron chi connectivity index (χ4n) is 1.62. The van der Waals surface area contributed by atoms with Crippen LogP contribution in [0.5, 0.6) is 5.75 Å². The van der Waals surface area contributed by atoms with Gasteiger partial charge in [0.15, 0.2) is 0 Å². The van der Waals surface area contributed by atoms with Crippen molar-refractivity contribution in [2.24, 2.45) is 0 Å². The second-order valence-electron chi connectivity index (χ2n) is 3.96. The van der Waals surface area contributed by atoms with Crippen LogP contribution in [0.1, 0.15) is 16.1 Å². The van der Waals surface area contributed by atoms with Gasteiger partial charge >= 0.3 is 0 Å². The lowest BCUT2D eigenvalue weighted by Crippen LogP contribution is -2.15. The molecule has 0 saturated heterocycles. The van der Waals surface area contributed by atoms with Gasteiger partial charge in [0.1, 0.15) is 35.2 Å². The predicted molar refractivity (Wildman–Crippen MR) is 74.2 cm³/mol.